The van der Waals surface area contributed by atoms with Crippen molar-refractivity contribution in [3.05, 3.63) is 0 Å². The maximum absolute atomic E-state index is 5.47. The van der Waals surface area contributed by atoms with Crippen LogP contribution in [0.3, 0.4) is 0 Å². The second kappa shape index (κ2) is 6.72. The van der Waals surface area contributed by atoms with Gasteiger partial charge in [-0.15, -0.1) is 0 Å². The Morgan fingerprint density at radius 2 is 2.29 bits per heavy atom. The Balaban J connectivity index is 1.75. The summed E-state index contributed by atoms with van der Waals surface area (Å²) in [5.74, 6) is 1.63. The van der Waals surface area contributed by atoms with Crippen molar-refractivity contribution in [2.24, 2.45) is 11.8 Å². The summed E-state index contributed by atoms with van der Waals surface area (Å²) >= 11 is 0. The Morgan fingerprint density at radius 3 is 3.00 bits per heavy atom. The van der Waals surface area contributed by atoms with Gasteiger partial charge in [0.05, 0.1) is 6.61 Å². The summed E-state index contributed by atoms with van der Waals surface area (Å²) in [5.41, 5.74) is 0. The molecule has 0 aromatic rings. The molecule has 2 aliphatic rings. The van der Waals surface area contributed by atoms with Crippen LogP contribution in [0.5, 0.6) is 0 Å². The van der Waals surface area contributed by atoms with Crippen molar-refractivity contribution in [3.8, 4) is 0 Å². The molecule has 0 aromatic heterocycles. The normalized spacial score (nSPS) is 32.8. The first-order chi connectivity index (χ1) is 8.29. The van der Waals surface area contributed by atoms with Gasteiger partial charge in [-0.05, 0) is 51.1 Å². The molecule has 0 spiro atoms. The molecule has 2 saturated heterocycles. The molecular weight excluding hydrogens is 212 g/mol. The number of rotatable bonds is 5. The number of hydrogen-bond donors (Lipinski definition) is 1. The zero-order valence-electron chi connectivity index (χ0n) is 11.5. The number of ether oxygens (including phenoxy) is 1. The van der Waals surface area contributed by atoms with E-state index in [9.17, 15) is 0 Å². The van der Waals surface area contributed by atoms with Crippen LogP contribution >= 0.6 is 0 Å². The standard InChI is InChI=1S/C14H28N2O/c1-3-15-12(2)14-5-4-7-16(10-14)9-13-6-8-17-11-13/h12-15H,3-11H2,1-2H3. The maximum atomic E-state index is 5.47. The molecule has 0 radical (unpaired) electrons. The van der Waals surface area contributed by atoms with E-state index in [1.165, 1.54) is 38.9 Å². The molecule has 0 bridgehead atoms. The van der Waals surface area contributed by atoms with Gasteiger partial charge in [-0.3, -0.25) is 0 Å². The number of nitrogens with zero attached hydrogens (tertiary/aromatic N) is 1. The minimum Gasteiger partial charge on any atom is -0.381 e. The van der Waals surface area contributed by atoms with Gasteiger partial charge in [0.25, 0.3) is 0 Å². The monoisotopic (exact) mass is 240 g/mol. The van der Waals surface area contributed by atoms with Crippen LogP contribution in [-0.4, -0.2) is 50.3 Å². The van der Waals surface area contributed by atoms with Crippen LogP contribution < -0.4 is 5.32 Å². The molecule has 0 amide bonds. The van der Waals surface area contributed by atoms with Gasteiger partial charge in [-0.1, -0.05) is 6.92 Å². The first-order valence-corrected chi connectivity index (χ1v) is 7.33. The van der Waals surface area contributed by atoms with Gasteiger partial charge >= 0.3 is 0 Å². The highest BCUT2D eigenvalue weighted by Crippen LogP contribution is 2.22. The van der Waals surface area contributed by atoms with Crippen molar-refractivity contribution in [1.29, 1.82) is 0 Å². The Bertz CT molecular complexity index is 216. The highest BCUT2D eigenvalue weighted by molar-refractivity contribution is 4.81. The third-order valence-corrected chi connectivity index (χ3v) is 4.32. The summed E-state index contributed by atoms with van der Waals surface area (Å²) in [4.78, 5) is 2.67. The van der Waals surface area contributed by atoms with Crippen LogP contribution in [0.15, 0.2) is 0 Å². The maximum Gasteiger partial charge on any atom is 0.0507 e. The fourth-order valence-electron chi connectivity index (χ4n) is 3.25. The zero-order valence-corrected chi connectivity index (χ0v) is 11.5. The first kappa shape index (κ1) is 13.3. The minimum atomic E-state index is 0.669. The van der Waals surface area contributed by atoms with Gasteiger partial charge in [0.1, 0.15) is 0 Å². The highest BCUT2D eigenvalue weighted by Gasteiger charge is 2.26. The minimum absolute atomic E-state index is 0.669. The molecule has 2 aliphatic heterocycles. The van der Waals surface area contributed by atoms with E-state index in [-0.39, 0.29) is 0 Å². The topological polar surface area (TPSA) is 24.5 Å². The highest BCUT2D eigenvalue weighted by atomic mass is 16.5. The fourth-order valence-corrected chi connectivity index (χ4v) is 3.25. The summed E-state index contributed by atoms with van der Waals surface area (Å²) in [7, 11) is 0. The molecule has 2 fully saturated rings. The summed E-state index contributed by atoms with van der Waals surface area (Å²) < 4.78 is 5.47. The van der Waals surface area contributed by atoms with Crippen molar-refractivity contribution in [2.45, 2.75) is 39.2 Å². The Kier molecular flexibility index (Phi) is 5.26. The van der Waals surface area contributed by atoms with Crippen molar-refractivity contribution in [1.82, 2.24) is 10.2 Å². The summed E-state index contributed by atoms with van der Waals surface area (Å²) in [6.07, 6.45) is 4.03. The molecule has 2 rings (SSSR count). The lowest BCUT2D eigenvalue weighted by atomic mass is 9.91. The first-order valence-electron chi connectivity index (χ1n) is 7.33. The van der Waals surface area contributed by atoms with Gasteiger partial charge in [0, 0.05) is 25.7 Å². The number of hydrogen-bond acceptors (Lipinski definition) is 3. The summed E-state index contributed by atoms with van der Waals surface area (Å²) in [6.45, 7) is 11.4. The van der Waals surface area contributed by atoms with E-state index in [4.69, 9.17) is 4.74 Å². The Morgan fingerprint density at radius 1 is 1.41 bits per heavy atom. The second-order valence-electron chi connectivity index (χ2n) is 5.74. The quantitative estimate of drug-likeness (QED) is 0.792. The molecule has 17 heavy (non-hydrogen) atoms. The molecule has 3 heteroatoms. The third-order valence-electron chi connectivity index (χ3n) is 4.32. The van der Waals surface area contributed by atoms with Crippen LogP contribution in [0.1, 0.15) is 33.1 Å². The van der Waals surface area contributed by atoms with E-state index in [1.807, 2.05) is 0 Å². The summed E-state index contributed by atoms with van der Waals surface area (Å²) in [5, 5.41) is 3.58. The van der Waals surface area contributed by atoms with E-state index in [1.54, 1.807) is 0 Å². The lowest BCUT2D eigenvalue weighted by Crippen LogP contribution is -2.45. The molecule has 3 nitrogen and oxygen atoms in total. The van der Waals surface area contributed by atoms with Gasteiger partial charge in [0.15, 0.2) is 0 Å². The average Bonchev–Trinajstić information content (AvgIpc) is 2.82. The zero-order chi connectivity index (χ0) is 12.1. The fraction of sp³-hybridized carbons (Fsp3) is 1.00. The molecule has 3 unspecified atom stereocenters. The van der Waals surface area contributed by atoms with Gasteiger partial charge < -0.3 is 15.0 Å². The Hall–Kier alpha value is -0.120. The van der Waals surface area contributed by atoms with Crippen molar-refractivity contribution in [3.63, 3.8) is 0 Å². The largest absolute Gasteiger partial charge is 0.381 e. The average molecular weight is 240 g/mol. The SMILES string of the molecule is CCNC(C)C1CCCN(CC2CCOC2)C1. The number of likely N-dealkylation sites (tertiary alicyclic amines) is 1. The van der Waals surface area contributed by atoms with Crippen molar-refractivity contribution in [2.75, 3.05) is 39.4 Å². The molecular formula is C14H28N2O. The van der Waals surface area contributed by atoms with Crippen LogP contribution in [0, 0.1) is 11.8 Å². The van der Waals surface area contributed by atoms with E-state index >= 15 is 0 Å². The molecule has 2 heterocycles. The smallest absolute Gasteiger partial charge is 0.0507 e. The Labute approximate surface area is 106 Å². The van der Waals surface area contributed by atoms with E-state index in [0.717, 1.165) is 31.6 Å². The van der Waals surface area contributed by atoms with Gasteiger partial charge in [-0.2, -0.15) is 0 Å². The molecule has 0 aromatic carbocycles. The predicted octanol–water partition coefficient (Wildman–Crippen LogP) is 1.73. The number of nitrogens with one attached hydrogen (secondary N) is 1. The van der Waals surface area contributed by atoms with Crippen LogP contribution in [0.2, 0.25) is 0 Å². The molecule has 0 aliphatic carbocycles. The van der Waals surface area contributed by atoms with Crippen molar-refractivity contribution < 1.29 is 4.74 Å². The number of piperidine rings is 1. The second-order valence-corrected chi connectivity index (χ2v) is 5.74. The summed E-state index contributed by atoms with van der Waals surface area (Å²) in [6, 6.07) is 0.669. The molecule has 100 valence electrons. The lowest BCUT2D eigenvalue weighted by Gasteiger charge is -2.37. The van der Waals surface area contributed by atoms with Crippen molar-refractivity contribution >= 4 is 0 Å². The van der Waals surface area contributed by atoms with Crippen LogP contribution in [0.25, 0.3) is 0 Å². The lowest BCUT2D eigenvalue weighted by molar-refractivity contribution is 0.122. The van der Waals surface area contributed by atoms with E-state index in [0.29, 0.717) is 6.04 Å². The van der Waals surface area contributed by atoms with Gasteiger partial charge in [0.2, 0.25) is 0 Å². The van der Waals surface area contributed by atoms with Crippen LogP contribution in [0.4, 0.5) is 0 Å². The predicted molar refractivity (Wildman–Crippen MR) is 71.2 cm³/mol. The van der Waals surface area contributed by atoms with Gasteiger partial charge in [-0.25, -0.2) is 0 Å². The van der Waals surface area contributed by atoms with Crippen LogP contribution in [-0.2, 0) is 4.74 Å². The molecule has 0 saturated carbocycles. The third kappa shape index (κ3) is 3.94. The van der Waals surface area contributed by atoms with E-state index < -0.39 is 0 Å². The molecule has 1 N–H and O–H groups in total. The molecule has 3 atom stereocenters. The van der Waals surface area contributed by atoms with E-state index in [2.05, 4.69) is 24.1 Å².